The number of carbonyl (C=O) groups excluding carboxylic acids is 2. The predicted molar refractivity (Wildman–Crippen MR) is 85.2 cm³/mol. The van der Waals surface area contributed by atoms with E-state index in [0.717, 1.165) is 0 Å². The summed E-state index contributed by atoms with van der Waals surface area (Å²) in [6, 6.07) is 3.41. The number of esters is 2. The highest BCUT2D eigenvalue weighted by atomic mass is 16.5. The molecule has 0 amide bonds. The lowest BCUT2D eigenvalue weighted by Crippen LogP contribution is -2.30. The smallest absolute Gasteiger partial charge is 0.340 e. The van der Waals surface area contributed by atoms with E-state index in [1.165, 1.54) is 0 Å². The third kappa shape index (κ3) is 3.40. The molecule has 0 spiro atoms. The molecular formula is C17H20N2O5. The molecule has 0 saturated heterocycles. The molecule has 1 aliphatic heterocycles. The molecule has 0 bridgehead atoms. The van der Waals surface area contributed by atoms with Crippen LogP contribution < -0.4 is 5.73 Å². The first-order valence-electron chi connectivity index (χ1n) is 7.63. The first-order chi connectivity index (χ1) is 11.5. The summed E-state index contributed by atoms with van der Waals surface area (Å²) >= 11 is 0. The Hall–Kier alpha value is -2.83. The van der Waals surface area contributed by atoms with Gasteiger partial charge in [-0.15, -0.1) is 0 Å². The Kier molecular flexibility index (Phi) is 5.57. The lowest BCUT2D eigenvalue weighted by atomic mass is 9.83. The van der Waals surface area contributed by atoms with E-state index in [4.69, 9.17) is 19.9 Å². The van der Waals surface area contributed by atoms with Crippen LogP contribution in [0.2, 0.25) is 0 Å². The number of pyridine rings is 1. The van der Waals surface area contributed by atoms with Gasteiger partial charge in [0.25, 0.3) is 0 Å². The van der Waals surface area contributed by atoms with Gasteiger partial charge in [-0.3, -0.25) is 4.98 Å². The fraction of sp³-hybridized carbons (Fsp3) is 0.353. The van der Waals surface area contributed by atoms with Crippen LogP contribution in [-0.4, -0.2) is 30.1 Å². The zero-order valence-electron chi connectivity index (χ0n) is 13.9. The van der Waals surface area contributed by atoms with Gasteiger partial charge in [-0.1, -0.05) is 0 Å². The van der Waals surface area contributed by atoms with E-state index in [1.807, 2.05) is 0 Å². The van der Waals surface area contributed by atoms with Crippen LogP contribution in [0.4, 0.5) is 0 Å². The summed E-state index contributed by atoms with van der Waals surface area (Å²) in [5.74, 6) is -1.72. The van der Waals surface area contributed by atoms with Gasteiger partial charge in [-0.05, 0) is 38.5 Å². The average molecular weight is 332 g/mol. The number of nitrogens with two attached hydrogens (primary N) is 1. The van der Waals surface area contributed by atoms with Crippen molar-refractivity contribution in [3.63, 3.8) is 0 Å². The zero-order chi connectivity index (χ0) is 17.7. The number of allylic oxidation sites excluding steroid dienone is 1. The Morgan fingerprint density at radius 3 is 2.21 bits per heavy atom. The second-order valence-electron chi connectivity index (χ2n) is 5.00. The molecule has 1 aromatic rings. The zero-order valence-corrected chi connectivity index (χ0v) is 13.9. The van der Waals surface area contributed by atoms with Gasteiger partial charge in [-0.25, -0.2) is 9.59 Å². The molecule has 128 valence electrons. The van der Waals surface area contributed by atoms with Crippen molar-refractivity contribution in [1.82, 2.24) is 4.98 Å². The van der Waals surface area contributed by atoms with Gasteiger partial charge in [-0.2, -0.15) is 0 Å². The van der Waals surface area contributed by atoms with Crippen molar-refractivity contribution in [1.29, 1.82) is 0 Å². The van der Waals surface area contributed by atoms with Gasteiger partial charge >= 0.3 is 11.9 Å². The maximum absolute atomic E-state index is 12.4. The largest absolute Gasteiger partial charge is 0.463 e. The van der Waals surface area contributed by atoms with Crippen LogP contribution >= 0.6 is 0 Å². The third-order valence-corrected chi connectivity index (χ3v) is 3.52. The molecule has 0 aromatic carbocycles. The number of rotatable bonds is 5. The molecule has 7 nitrogen and oxygen atoms in total. The number of carbonyl (C=O) groups is 2. The van der Waals surface area contributed by atoms with Crippen molar-refractivity contribution in [3.8, 4) is 0 Å². The van der Waals surface area contributed by atoms with Crippen LogP contribution in [0.3, 0.4) is 0 Å². The van der Waals surface area contributed by atoms with E-state index in [9.17, 15) is 9.59 Å². The van der Waals surface area contributed by atoms with E-state index in [0.29, 0.717) is 11.3 Å². The van der Waals surface area contributed by atoms with Crippen LogP contribution in [0, 0.1) is 0 Å². The van der Waals surface area contributed by atoms with Crippen LogP contribution in [-0.2, 0) is 23.8 Å². The number of nitrogens with zero attached hydrogens (tertiary/aromatic N) is 1. The highest BCUT2D eigenvalue weighted by Gasteiger charge is 2.39. The minimum atomic E-state index is -0.736. The quantitative estimate of drug-likeness (QED) is 0.820. The summed E-state index contributed by atoms with van der Waals surface area (Å²) < 4.78 is 15.6. The maximum atomic E-state index is 12.4. The number of aromatic nitrogens is 1. The lowest BCUT2D eigenvalue weighted by molar-refractivity contribution is -0.140. The molecule has 7 heteroatoms. The molecule has 1 atom stereocenters. The Bertz CT molecular complexity index is 654. The fourth-order valence-corrected chi connectivity index (χ4v) is 2.55. The van der Waals surface area contributed by atoms with Gasteiger partial charge in [0, 0.05) is 12.4 Å². The normalized spacial score (nSPS) is 17.4. The Morgan fingerprint density at radius 1 is 1.12 bits per heavy atom. The van der Waals surface area contributed by atoms with Crippen LogP contribution in [0.5, 0.6) is 0 Å². The minimum Gasteiger partial charge on any atom is -0.463 e. The van der Waals surface area contributed by atoms with Gasteiger partial charge in [0.15, 0.2) is 0 Å². The van der Waals surface area contributed by atoms with Crippen LogP contribution in [0.15, 0.2) is 47.3 Å². The SMILES string of the molecule is CCOC(=O)C1=C(C)OC(N)=C(C(=O)OCC)[C@@H]1c1ccncc1. The van der Waals surface area contributed by atoms with Gasteiger partial charge < -0.3 is 19.9 Å². The molecule has 2 N–H and O–H groups in total. The van der Waals surface area contributed by atoms with Crippen LogP contribution in [0.25, 0.3) is 0 Å². The first kappa shape index (κ1) is 17.5. The third-order valence-electron chi connectivity index (χ3n) is 3.52. The monoisotopic (exact) mass is 332 g/mol. The molecule has 2 heterocycles. The van der Waals surface area contributed by atoms with E-state index in [-0.39, 0.29) is 30.2 Å². The molecule has 1 aliphatic rings. The second-order valence-corrected chi connectivity index (χ2v) is 5.00. The summed E-state index contributed by atoms with van der Waals surface area (Å²) in [4.78, 5) is 28.8. The predicted octanol–water partition coefficient (Wildman–Crippen LogP) is 1.77. The summed E-state index contributed by atoms with van der Waals surface area (Å²) in [7, 11) is 0. The highest BCUT2D eigenvalue weighted by Crippen LogP contribution is 2.40. The Labute approximate surface area is 140 Å². The Morgan fingerprint density at radius 2 is 1.67 bits per heavy atom. The number of ether oxygens (including phenoxy) is 3. The van der Waals surface area contributed by atoms with Crippen molar-refractivity contribution in [2.24, 2.45) is 5.73 Å². The molecule has 0 saturated carbocycles. The van der Waals surface area contributed by atoms with Crippen molar-refractivity contribution in [2.75, 3.05) is 13.2 Å². The molecular weight excluding hydrogens is 312 g/mol. The van der Waals surface area contributed by atoms with Crippen molar-refractivity contribution in [2.45, 2.75) is 26.7 Å². The molecule has 0 radical (unpaired) electrons. The molecule has 2 rings (SSSR count). The van der Waals surface area contributed by atoms with E-state index < -0.39 is 17.9 Å². The maximum Gasteiger partial charge on any atom is 0.340 e. The number of hydrogen-bond acceptors (Lipinski definition) is 7. The molecule has 1 aromatic heterocycles. The number of hydrogen-bond donors (Lipinski definition) is 1. The van der Waals surface area contributed by atoms with Gasteiger partial charge in [0.2, 0.25) is 5.88 Å². The standard InChI is InChI=1S/C17H20N2O5/c1-4-22-16(20)12-10(3)24-15(18)14(17(21)23-5-2)13(12)11-6-8-19-9-7-11/h6-9,13H,4-5,18H2,1-3H3/t13-/m1/s1. The molecule has 24 heavy (non-hydrogen) atoms. The molecule has 0 fully saturated rings. The minimum absolute atomic E-state index is 0.0803. The van der Waals surface area contributed by atoms with Crippen molar-refractivity contribution in [3.05, 3.63) is 52.9 Å². The van der Waals surface area contributed by atoms with E-state index in [2.05, 4.69) is 4.98 Å². The summed E-state index contributed by atoms with van der Waals surface area (Å²) in [6.07, 6.45) is 3.14. The first-order valence-corrected chi connectivity index (χ1v) is 7.63. The summed E-state index contributed by atoms with van der Waals surface area (Å²) in [5.41, 5.74) is 6.89. The topological polar surface area (TPSA) is 101 Å². The van der Waals surface area contributed by atoms with Gasteiger partial charge in [0.1, 0.15) is 11.3 Å². The van der Waals surface area contributed by atoms with E-state index >= 15 is 0 Å². The highest BCUT2D eigenvalue weighted by molar-refractivity contribution is 5.99. The lowest BCUT2D eigenvalue weighted by Gasteiger charge is -2.28. The fourth-order valence-electron chi connectivity index (χ4n) is 2.55. The molecule has 0 aliphatic carbocycles. The summed E-state index contributed by atoms with van der Waals surface area (Å²) in [6.45, 7) is 5.38. The molecule has 0 unspecified atom stereocenters. The average Bonchev–Trinajstić information content (AvgIpc) is 2.55. The second kappa shape index (κ2) is 7.63. The van der Waals surface area contributed by atoms with Gasteiger partial charge in [0.05, 0.1) is 24.7 Å². The van der Waals surface area contributed by atoms with Crippen LogP contribution in [0.1, 0.15) is 32.3 Å². The Balaban J connectivity index is 2.59. The van der Waals surface area contributed by atoms with Crippen molar-refractivity contribution >= 4 is 11.9 Å². The van der Waals surface area contributed by atoms with Crippen molar-refractivity contribution < 1.29 is 23.8 Å². The summed E-state index contributed by atoms with van der Waals surface area (Å²) in [5, 5.41) is 0. The van der Waals surface area contributed by atoms with E-state index in [1.54, 1.807) is 45.3 Å².